The summed E-state index contributed by atoms with van der Waals surface area (Å²) in [4.78, 5) is 91.8. The molecule has 24 heteroatoms. The number of nitrogens with one attached hydrogen (secondary N) is 5. The number of guanidine groups is 1. The molecule has 316 valence electrons. The molecule has 0 saturated carbocycles. The van der Waals surface area contributed by atoms with Gasteiger partial charge in [0.25, 0.3) is 23.6 Å². The van der Waals surface area contributed by atoms with E-state index in [1.165, 1.54) is 14.2 Å². The molecule has 18 nitrogen and oxygen atoms in total. The molecule has 0 aromatic heterocycles. The molecular formula is C34H40I6N10O8. The Morgan fingerprint density at radius 2 is 1.34 bits per heavy atom. The van der Waals surface area contributed by atoms with Crippen LogP contribution in [-0.4, -0.2) is 117 Å². The van der Waals surface area contributed by atoms with E-state index in [0.717, 1.165) is 12.8 Å². The van der Waals surface area contributed by atoms with E-state index >= 15 is 0 Å². The first-order chi connectivity index (χ1) is 27.4. The number of rotatable bonds is 16. The predicted molar refractivity (Wildman–Crippen MR) is 270 cm³/mol. The van der Waals surface area contributed by atoms with Gasteiger partial charge in [-0.2, -0.15) is 0 Å². The number of likely N-dealkylation sites (tertiary alicyclic amines) is 1. The largest absolute Gasteiger partial charge is 0.484 e. The number of amides is 6. The number of carbonyl (C=O) groups excluding carboxylic acids is 6. The van der Waals surface area contributed by atoms with Gasteiger partial charge < -0.3 is 52.8 Å². The van der Waals surface area contributed by atoms with Crippen LogP contribution in [-0.2, 0) is 14.3 Å². The van der Waals surface area contributed by atoms with E-state index in [-0.39, 0.29) is 76.6 Å². The van der Waals surface area contributed by atoms with Crippen molar-refractivity contribution in [2.75, 3.05) is 58.8 Å². The first kappa shape index (κ1) is 50.7. The summed E-state index contributed by atoms with van der Waals surface area (Å²) < 4.78 is 7.27. The number of benzene rings is 2. The summed E-state index contributed by atoms with van der Waals surface area (Å²) >= 11 is 11.5. The van der Waals surface area contributed by atoms with Gasteiger partial charge in [-0.3, -0.25) is 33.8 Å². The summed E-state index contributed by atoms with van der Waals surface area (Å²) in [6.07, 6.45) is 2.30. The topological polar surface area (TPSA) is 272 Å². The number of ether oxygens (including phenoxy) is 1. The molecule has 1 unspecified atom stereocenters. The number of aliphatic hydroxyl groups excluding tert-OH is 1. The highest BCUT2D eigenvalue weighted by Gasteiger charge is 2.33. The summed E-state index contributed by atoms with van der Waals surface area (Å²) in [6.45, 7) is 2.01. The Balaban J connectivity index is 2.03. The molecule has 0 bridgehead atoms. The first-order valence-electron chi connectivity index (χ1n) is 17.3. The Morgan fingerprint density at radius 3 is 1.88 bits per heavy atom. The molecule has 1 atom stereocenters. The molecule has 0 aliphatic carbocycles. The Kier molecular flexibility index (Phi) is 21.1. The number of nitrogens with two attached hydrogens (primary N) is 2. The molecule has 1 aliphatic rings. The van der Waals surface area contributed by atoms with Gasteiger partial charge in [-0.05, 0) is 161 Å². The number of aliphatic hydroxyl groups is 1. The van der Waals surface area contributed by atoms with Crippen LogP contribution in [0.1, 0.15) is 74.0 Å². The average Bonchev–Trinajstić information content (AvgIpc) is 3.72. The number of hydrogen-bond acceptors (Lipinski definition) is 10. The summed E-state index contributed by atoms with van der Waals surface area (Å²) in [5, 5.41) is 22.8. The third-order valence-corrected chi connectivity index (χ3v) is 14.8. The van der Waals surface area contributed by atoms with Gasteiger partial charge in [0, 0.05) is 47.3 Å². The lowest BCUT2D eigenvalue weighted by Crippen LogP contribution is -2.48. The van der Waals surface area contributed by atoms with Crippen LogP contribution in [0.15, 0.2) is 9.98 Å². The highest BCUT2D eigenvalue weighted by atomic mass is 127. The molecular weight excluding hydrogens is 1440 g/mol. The highest BCUT2D eigenvalue weighted by molar-refractivity contribution is 14.1. The zero-order valence-corrected chi connectivity index (χ0v) is 44.2. The van der Waals surface area contributed by atoms with Gasteiger partial charge in [0.15, 0.2) is 11.9 Å². The Hall–Kier alpha value is -1.66. The maximum atomic E-state index is 14.2. The van der Waals surface area contributed by atoms with E-state index in [0.29, 0.717) is 41.8 Å². The Labute approximate surface area is 416 Å². The van der Waals surface area contributed by atoms with Crippen molar-refractivity contribution in [1.82, 2.24) is 26.2 Å². The quantitative estimate of drug-likeness (QED) is 0.0526. The van der Waals surface area contributed by atoms with Gasteiger partial charge >= 0.3 is 0 Å². The standard InChI is InChI=1S/C34H40I6N10O8/c1-14(58-3)47-27-23(37)17(29(53)43-2)21(35)19(24(27)38)31(55)46-13-16(52)49-28-25(39)18(30(54)44-9-12-51)22(36)20(26(28)40)32(56)48-15(7-6-8-45-34(41)42)33(57)50-10-4-5-11-50/h15,51H,4-13H2,1-3H3,(H,43,53)(H,44,54)(H,46,55)(H,48,56)(H,49,52)(H4,41,42,45). The lowest BCUT2D eigenvalue weighted by atomic mass is 10.1. The number of anilines is 1. The van der Waals surface area contributed by atoms with Gasteiger partial charge in [0.05, 0.1) is 68.2 Å². The zero-order chi connectivity index (χ0) is 43.4. The molecule has 1 heterocycles. The van der Waals surface area contributed by atoms with Crippen LogP contribution < -0.4 is 38.1 Å². The predicted octanol–water partition coefficient (Wildman–Crippen LogP) is 3.24. The highest BCUT2D eigenvalue weighted by Crippen LogP contribution is 2.38. The summed E-state index contributed by atoms with van der Waals surface area (Å²) in [7, 11) is 2.91. The normalized spacial score (nSPS) is 13.0. The van der Waals surface area contributed by atoms with Gasteiger partial charge in [-0.25, -0.2) is 4.99 Å². The molecule has 1 saturated heterocycles. The van der Waals surface area contributed by atoms with Crippen molar-refractivity contribution in [2.24, 2.45) is 21.5 Å². The second-order valence-electron chi connectivity index (χ2n) is 12.2. The van der Waals surface area contributed by atoms with Gasteiger partial charge in [-0.15, -0.1) is 0 Å². The number of halogens is 6. The number of carbonyl (C=O) groups is 6. The van der Waals surface area contributed by atoms with Crippen LogP contribution in [0.3, 0.4) is 0 Å². The molecule has 0 spiro atoms. The molecule has 1 aliphatic heterocycles. The lowest BCUT2D eigenvalue weighted by molar-refractivity contribution is -0.132. The number of hydrogen-bond donors (Lipinski definition) is 8. The Bertz CT molecular complexity index is 2020. The van der Waals surface area contributed by atoms with Crippen LogP contribution in [0.5, 0.6) is 0 Å². The molecule has 2 aromatic rings. The van der Waals surface area contributed by atoms with Crippen LogP contribution in [0.4, 0.5) is 11.4 Å². The fraction of sp³-hybridized carbons (Fsp3) is 0.412. The minimum atomic E-state index is -0.939. The maximum Gasteiger partial charge on any atom is 0.254 e. The smallest absolute Gasteiger partial charge is 0.254 e. The fourth-order valence-electron chi connectivity index (χ4n) is 5.49. The monoisotopic (exact) mass is 1480 g/mol. The van der Waals surface area contributed by atoms with Crippen LogP contribution in [0, 0.1) is 21.4 Å². The van der Waals surface area contributed by atoms with E-state index in [1.807, 2.05) is 136 Å². The number of aliphatic imine (C=N–C) groups is 2. The molecule has 2 aromatic carbocycles. The van der Waals surface area contributed by atoms with Gasteiger partial charge in [0.1, 0.15) is 6.04 Å². The third kappa shape index (κ3) is 12.9. The fourth-order valence-corrected chi connectivity index (χ4v) is 14.3. The summed E-state index contributed by atoms with van der Waals surface area (Å²) in [5.74, 6) is -3.15. The van der Waals surface area contributed by atoms with Crippen molar-refractivity contribution in [3.05, 3.63) is 43.7 Å². The van der Waals surface area contributed by atoms with E-state index in [2.05, 4.69) is 36.6 Å². The maximum absolute atomic E-state index is 14.2. The molecule has 1 fully saturated rings. The lowest BCUT2D eigenvalue weighted by Gasteiger charge is -2.25. The van der Waals surface area contributed by atoms with Gasteiger partial charge in [-0.1, -0.05) is 0 Å². The van der Waals surface area contributed by atoms with E-state index in [4.69, 9.17) is 16.2 Å². The minimum absolute atomic E-state index is 0.0303. The zero-order valence-electron chi connectivity index (χ0n) is 31.2. The Morgan fingerprint density at radius 1 is 0.810 bits per heavy atom. The molecule has 3 rings (SSSR count). The SMILES string of the molecule is CNC(=O)c1c(I)c(N=C(C)OC)c(I)c(C(=O)NCC(=O)Nc2c(I)c(C(=O)NCCO)c(I)c(C(=O)NC(CCCN=C(N)N)C(=O)N3CCCC3)c2I)c1I. The van der Waals surface area contributed by atoms with Crippen LogP contribution >= 0.6 is 136 Å². The first-order valence-corrected chi connectivity index (χ1v) is 23.7. The van der Waals surface area contributed by atoms with Crippen molar-refractivity contribution in [2.45, 2.75) is 38.6 Å². The van der Waals surface area contributed by atoms with Gasteiger partial charge in [0.2, 0.25) is 11.8 Å². The number of methoxy groups -OCH3 is 1. The molecule has 10 N–H and O–H groups in total. The van der Waals surface area contributed by atoms with E-state index in [9.17, 15) is 33.9 Å². The van der Waals surface area contributed by atoms with Crippen molar-refractivity contribution < 1.29 is 38.6 Å². The third-order valence-electron chi connectivity index (χ3n) is 8.35. The summed E-state index contributed by atoms with van der Waals surface area (Å²) in [6, 6.07) is -0.939. The van der Waals surface area contributed by atoms with Crippen molar-refractivity contribution in [1.29, 1.82) is 0 Å². The van der Waals surface area contributed by atoms with Crippen molar-refractivity contribution in [3.63, 3.8) is 0 Å². The van der Waals surface area contributed by atoms with Crippen molar-refractivity contribution >= 4 is 194 Å². The molecule has 0 radical (unpaired) electrons. The second kappa shape index (κ2) is 24.1. The average molecular weight is 1480 g/mol. The van der Waals surface area contributed by atoms with E-state index in [1.54, 1.807) is 11.8 Å². The molecule has 6 amide bonds. The number of nitrogens with zero attached hydrogens (tertiary/aromatic N) is 3. The van der Waals surface area contributed by atoms with E-state index < -0.39 is 42.1 Å². The van der Waals surface area contributed by atoms with Crippen LogP contribution in [0.25, 0.3) is 0 Å². The minimum Gasteiger partial charge on any atom is -0.484 e. The van der Waals surface area contributed by atoms with Crippen molar-refractivity contribution in [3.8, 4) is 0 Å². The van der Waals surface area contributed by atoms with Crippen LogP contribution in [0.2, 0.25) is 0 Å². The second-order valence-corrected chi connectivity index (χ2v) is 18.7. The summed E-state index contributed by atoms with van der Waals surface area (Å²) in [5.41, 5.74) is 11.8. The molecule has 58 heavy (non-hydrogen) atoms.